The molecule has 148 valence electrons. The molecule has 0 N–H and O–H groups in total. The van der Waals surface area contributed by atoms with Gasteiger partial charge >= 0.3 is 6.61 Å². The van der Waals surface area contributed by atoms with Crippen molar-refractivity contribution in [3.8, 4) is 5.75 Å². The molecule has 0 aromatic heterocycles. The van der Waals surface area contributed by atoms with Crippen LogP contribution in [0.2, 0.25) is 0 Å². The highest BCUT2D eigenvalue weighted by molar-refractivity contribution is 5.98. The number of para-hydroxylation sites is 1. The molecular formula is C19H16F4N2O3. The number of benzene rings is 2. The van der Waals surface area contributed by atoms with Crippen molar-refractivity contribution in [3.05, 3.63) is 65.2 Å². The van der Waals surface area contributed by atoms with Gasteiger partial charge in [-0.05, 0) is 24.3 Å². The van der Waals surface area contributed by atoms with Crippen LogP contribution >= 0.6 is 0 Å². The van der Waals surface area contributed by atoms with Crippen LogP contribution in [0.3, 0.4) is 0 Å². The summed E-state index contributed by atoms with van der Waals surface area (Å²) in [4.78, 5) is 27.6. The van der Waals surface area contributed by atoms with Crippen LogP contribution in [0.15, 0.2) is 42.5 Å². The highest BCUT2D eigenvalue weighted by Crippen LogP contribution is 2.23. The van der Waals surface area contributed by atoms with Gasteiger partial charge in [-0.1, -0.05) is 18.2 Å². The lowest BCUT2D eigenvalue weighted by Gasteiger charge is -2.35. The summed E-state index contributed by atoms with van der Waals surface area (Å²) in [5.41, 5.74) is -0.666. The van der Waals surface area contributed by atoms with E-state index in [0.717, 1.165) is 18.2 Å². The first-order valence-corrected chi connectivity index (χ1v) is 8.45. The molecule has 0 atom stereocenters. The minimum atomic E-state index is -3.07. The third-order valence-electron chi connectivity index (χ3n) is 4.36. The second-order valence-electron chi connectivity index (χ2n) is 6.06. The van der Waals surface area contributed by atoms with Gasteiger partial charge in [-0.2, -0.15) is 8.78 Å². The summed E-state index contributed by atoms with van der Waals surface area (Å²) < 4.78 is 57.0. The number of ether oxygens (including phenoxy) is 1. The Balaban J connectivity index is 1.69. The van der Waals surface area contributed by atoms with Gasteiger partial charge in [-0.25, -0.2) is 8.78 Å². The molecule has 2 aromatic carbocycles. The third kappa shape index (κ3) is 4.08. The maximum Gasteiger partial charge on any atom is 0.387 e. The average molecular weight is 396 g/mol. The number of amides is 2. The van der Waals surface area contributed by atoms with Gasteiger partial charge in [-0.3, -0.25) is 9.59 Å². The summed E-state index contributed by atoms with van der Waals surface area (Å²) in [7, 11) is 0. The fraction of sp³-hybridized carbons (Fsp3) is 0.263. The maximum absolute atomic E-state index is 13.8. The lowest BCUT2D eigenvalue weighted by Crippen LogP contribution is -2.51. The normalized spacial score (nSPS) is 14.3. The lowest BCUT2D eigenvalue weighted by molar-refractivity contribution is -0.0503. The van der Waals surface area contributed by atoms with Gasteiger partial charge in [0.1, 0.15) is 22.9 Å². The average Bonchev–Trinajstić information content (AvgIpc) is 2.67. The van der Waals surface area contributed by atoms with Crippen LogP contribution in [0, 0.1) is 11.6 Å². The Bertz CT molecular complexity index is 863. The standard InChI is InChI=1S/C19H16F4N2O3/c20-13-5-3-6-14(21)16(13)18(27)25-10-8-24(9-11-25)17(26)12-4-1-2-7-15(12)28-19(22)23/h1-7,19H,8-11H2. The predicted octanol–water partition coefficient (Wildman–Crippen LogP) is 3.16. The molecular weight excluding hydrogens is 380 g/mol. The zero-order valence-electron chi connectivity index (χ0n) is 14.6. The quantitative estimate of drug-likeness (QED) is 0.746. The summed E-state index contributed by atoms with van der Waals surface area (Å²) in [6.07, 6.45) is 0. The van der Waals surface area contributed by atoms with Crippen LogP contribution < -0.4 is 4.74 Å². The second kappa shape index (κ2) is 8.28. The van der Waals surface area contributed by atoms with E-state index in [-0.39, 0.29) is 37.5 Å². The van der Waals surface area contributed by atoms with Crippen LogP contribution in [0.4, 0.5) is 17.6 Å². The molecule has 1 fully saturated rings. The third-order valence-corrected chi connectivity index (χ3v) is 4.36. The van der Waals surface area contributed by atoms with Gasteiger partial charge in [0, 0.05) is 26.2 Å². The molecule has 0 bridgehead atoms. The number of alkyl halides is 2. The molecule has 3 rings (SSSR count). The van der Waals surface area contributed by atoms with E-state index in [4.69, 9.17) is 0 Å². The Hall–Kier alpha value is -3.10. The molecule has 0 radical (unpaired) electrons. The smallest absolute Gasteiger partial charge is 0.387 e. The van der Waals surface area contributed by atoms with E-state index < -0.39 is 35.6 Å². The SMILES string of the molecule is O=C(c1ccccc1OC(F)F)N1CCN(C(=O)c2c(F)cccc2F)CC1. The fourth-order valence-electron chi connectivity index (χ4n) is 2.99. The Kier molecular flexibility index (Phi) is 5.81. The summed E-state index contributed by atoms with van der Waals surface area (Å²) in [6, 6.07) is 8.77. The minimum absolute atomic E-state index is 0.0253. The van der Waals surface area contributed by atoms with Crippen molar-refractivity contribution in [1.29, 1.82) is 0 Å². The van der Waals surface area contributed by atoms with E-state index in [0.29, 0.717) is 0 Å². The van der Waals surface area contributed by atoms with Crippen molar-refractivity contribution in [3.63, 3.8) is 0 Å². The first-order valence-electron chi connectivity index (χ1n) is 8.45. The Morgan fingerprint density at radius 1 is 0.821 bits per heavy atom. The molecule has 0 aliphatic carbocycles. The molecule has 0 spiro atoms. The van der Waals surface area contributed by atoms with Crippen LogP contribution in [0.1, 0.15) is 20.7 Å². The number of carbonyl (C=O) groups is 2. The molecule has 1 saturated heterocycles. The summed E-state index contributed by atoms with van der Waals surface area (Å²) >= 11 is 0. The van der Waals surface area contributed by atoms with Crippen molar-refractivity contribution < 1.29 is 31.9 Å². The van der Waals surface area contributed by atoms with E-state index in [9.17, 15) is 27.2 Å². The van der Waals surface area contributed by atoms with Crippen LogP contribution in [0.5, 0.6) is 5.75 Å². The number of carbonyl (C=O) groups excluding carboxylic acids is 2. The molecule has 1 aliphatic heterocycles. The largest absolute Gasteiger partial charge is 0.434 e. The molecule has 5 nitrogen and oxygen atoms in total. The molecule has 1 heterocycles. The van der Waals surface area contributed by atoms with Crippen LogP contribution in [-0.2, 0) is 0 Å². The molecule has 1 aliphatic rings. The first kappa shape index (κ1) is 19.7. The second-order valence-corrected chi connectivity index (χ2v) is 6.06. The predicted molar refractivity (Wildman–Crippen MR) is 91.2 cm³/mol. The maximum atomic E-state index is 13.8. The number of piperazine rings is 1. The zero-order chi connectivity index (χ0) is 20.3. The zero-order valence-corrected chi connectivity index (χ0v) is 14.6. The number of halogens is 4. The number of nitrogens with zero attached hydrogens (tertiary/aromatic N) is 2. The van der Waals surface area contributed by atoms with Crippen molar-refractivity contribution in [2.24, 2.45) is 0 Å². The summed E-state index contributed by atoms with van der Waals surface area (Å²) in [6.45, 7) is -2.79. The Morgan fingerprint density at radius 2 is 1.36 bits per heavy atom. The van der Waals surface area contributed by atoms with Crippen molar-refractivity contribution in [2.45, 2.75) is 6.61 Å². The monoisotopic (exact) mass is 396 g/mol. The molecule has 2 aromatic rings. The van der Waals surface area contributed by atoms with Crippen molar-refractivity contribution in [2.75, 3.05) is 26.2 Å². The van der Waals surface area contributed by atoms with E-state index >= 15 is 0 Å². The van der Waals surface area contributed by atoms with Gasteiger partial charge in [0.25, 0.3) is 11.8 Å². The Labute approximate surface area is 158 Å². The van der Waals surface area contributed by atoms with Crippen LogP contribution in [0.25, 0.3) is 0 Å². The van der Waals surface area contributed by atoms with Gasteiger partial charge in [0.2, 0.25) is 0 Å². The number of rotatable bonds is 4. The highest BCUT2D eigenvalue weighted by atomic mass is 19.3. The van der Waals surface area contributed by atoms with Crippen molar-refractivity contribution in [1.82, 2.24) is 9.80 Å². The minimum Gasteiger partial charge on any atom is -0.434 e. The molecule has 9 heteroatoms. The van der Waals surface area contributed by atoms with Crippen molar-refractivity contribution >= 4 is 11.8 Å². The highest BCUT2D eigenvalue weighted by Gasteiger charge is 2.29. The van der Waals surface area contributed by atoms with E-state index in [2.05, 4.69) is 4.74 Å². The molecule has 2 amide bonds. The number of hydrogen-bond acceptors (Lipinski definition) is 3. The number of hydrogen-bond donors (Lipinski definition) is 0. The van der Waals surface area contributed by atoms with Gasteiger partial charge in [-0.15, -0.1) is 0 Å². The first-order chi connectivity index (χ1) is 13.4. The molecule has 0 unspecified atom stereocenters. The van der Waals surface area contributed by atoms with Crippen LogP contribution in [-0.4, -0.2) is 54.4 Å². The van der Waals surface area contributed by atoms with E-state index in [1.54, 1.807) is 0 Å². The topological polar surface area (TPSA) is 49.9 Å². The van der Waals surface area contributed by atoms with Gasteiger partial charge in [0.05, 0.1) is 5.56 Å². The lowest BCUT2D eigenvalue weighted by atomic mass is 10.1. The fourth-order valence-corrected chi connectivity index (χ4v) is 2.99. The van der Waals surface area contributed by atoms with Gasteiger partial charge in [0.15, 0.2) is 0 Å². The summed E-state index contributed by atoms with van der Waals surface area (Å²) in [5.74, 6) is -3.48. The molecule has 28 heavy (non-hydrogen) atoms. The van der Waals surface area contributed by atoms with Gasteiger partial charge < -0.3 is 14.5 Å². The van der Waals surface area contributed by atoms with E-state index in [1.807, 2.05) is 0 Å². The molecule has 0 saturated carbocycles. The summed E-state index contributed by atoms with van der Waals surface area (Å²) in [5, 5.41) is 0. The van der Waals surface area contributed by atoms with E-state index in [1.165, 1.54) is 34.1 Å². The Morgan fingerprint density at radius 3 is 1.93 bits per heavy atom.